The number of carbonyl (C=O) groups excluding carboxylic acids is 1. The first-order chi connectivity index (χ1) is 17.6. The molecule has 1 aliphatic carbocycles. The van der Waals surface area contributed by atoms with Crippen LogP contribution in [0, 0.1) is 12.3 Å². The summed E-state index contributed by atoms with van der Waals surface area (Å²) < 4.78 is 41.6. The minimum absolute atomic E-state index is 0.00687. The maximum Gasteiger partial charge on any atom is 0.484 e. The number of likely N-dealkylation sites (tertiary alicyclic amines) is 1. The summed E-state index contributed by atoms with van der Waals surface area (Å²) in [6.45, 7) is 3.40. The van der Waals surface area contributed by atoms with Gasteiger partial charge in [0.15, 0.2) is 0 Å². The molecule has 11 heteroatoms. The number of Topliss-reactive ketones (excluding diaryl/α,β-unsaturated/α-hetero) is 1. The first-order valence-corrected chi connectivity index (χ1v) is 12.6. The highest BCUT2D eigenvalue weighted by atomic mass is 19.4. The number of alkyl halides is 3. The van der Waals surface area contributed by atoms with E-state index in [0.29, 0.717) is 22.6 Å². The van der Waals surface area contributed by atoms with Crippen molar-refractivity contribution in [1.82, 2.24) is 14.8 Å². The Hall–Kier alpha value is -3.21. The summed E-state index contributed by atoms with van der Waals surface area (Å²) in [4.78, 5) is 31.3. The molecule has 8 nitrogen and oxygen atoms in total. The number of rotatable bonds is 3. The summed E-state index contributed by atoms with van der Waals surface area (Å²) in [5, 5.41) is 3.20. The zero-order valence-corrected chi connectivity index (χ0v) is 21.3. The normalized spacial score (nSPS) is 26.2. The zero-order valence-electron chi connectivity index (χ0n) is 21.3. The minimum atomic E-state index is -4.59. The largest absolute Gasteiger partial charge is 0.484 e. The number of likely N-dealkylation sites (N-methyl/N-ethyl adjacent to an activating group) is 1. The van der Waals surface area contributed by atoms with Crippen LogP contribution in [0.5, 0.6) is 0 Å². The Labute approximate surface area is 214 Å². The van der Waals surface area contributed by atoms with Gasteiger partial charge in [-0.3, -0.25) is 9.69 Å². The summed E-state index contributed by atoms with van der Waals surface area (Å²) in [5.41, 5.74) is 0.748. The van der Waals surface area contributed by atoms with Gasteiger partial charge in [0.25, 0.3) is 0 Å². The Morgan fingerprint density at radius 2 is 2.03 bits per heavy atom. The summed E-state index contributed by atoms with van der Waals surface area (Å²) in [5.74, 6) is 0.988. The lowest BCUT2D eigenvalue weighted by Crippen LogP contribution is -2.49. The zero-order chi connectivity index (χ0) is 26.4. The Balaban J connectivity index is 1.37. The smallest absolute Gasteiger partial charge is 0.355 e. The number of aromatic nitrogens is 1. The van der Waals surface area contributed by atoms with Crippen LogP contribution in [0.15, 0.2) is 46.0 Å². The molecular formula is C26H32F3N7O. The number of carbonyl (C=O) groups is 1. The third kappa shape index (κ3) is 4.88. The van der Waals surface area contributed by atoms with E-state index in [4.69, 9.17) is 4.98 Å². The van der Waals surface area contributed by atoms with Crippen LogP contribution in [0.25, 0.3) is 0 Å². The van der Waals surface area contributed by atoms with Gasteiger partial charge in [0.2, 0.25) is 5.96 Å². The quantitative estimate of drug-likeness (QED) is 0.618. The first kappa shape index (κ1) is 25.4. The van der Waals surface area contributed by atoms with Crippen molar-refractivity contribution >= 4 is 29.0 Å². The van der Waals surface area contributed by atoms with Gasteiger partial charge in [0.1, 0.15) is 11.6 Å². The molecule has 0 radical (unpaired) electrons. The van der Waals surface area contributed by atoms with Crippen molar-refractivity contribution in [3.63, 3.8) is 0 Å². The van der Waals surface area contributed by atoms with Gasteiger partial charge in [-0.25, -0.2) is 15.0 Å². The van der Waals surface area contributed by atoms with Gasteiger partial charge in [0, 0.05) is 44.2 Å². The Kier molecular flexibility index (Phi) is 6.59. The average Bonchev–Trinajstić information content (AvgIpc) is 3.00. The molecule has 2 saturated heterocycles. The lowest BCUT2D eigenvalue weighted by molar-refractivity contribution is -0.234. The van der Waals surface area contributed by atoms with E-state index in [1.807, 2.05) is 19.1 Å². The second-order valence-electron chi connectivity index (χ2n) is 10.3. The van der Waals surface area contributed by atoms with Crippen molar-refractivity contribution in [3.8, 4) is 0 Å². The van der Waals surface area contributed by atoms with E-state index in [-0.39, 0.29) is 30.9 Å². The van der Waals surface area contributed by atoms with Gasteiger partial charge >= 0.3 is 6.30 Å². The van der Waals surface area contributed by atoms with E-state index >= 15 is 0 Å². The number of aryl methyl sites for hydroxylation is 1. The van der Waals surface area contributed by atoms with Gasteiger partial charge < -0.3 is 15.1 Å². The lowest BCUT2D eigenvalue weighted by atomic mass is 9.72. The predicted molar refractivity (Wildman–Crippen MR) is 138 cm³/mol. The van der Waals surface area contributed by atoms with Crippen molar-refractivity contribution in [2.45, 2.75) is 44.9 Å². The molecule has 2 unspecified atom stereocenters. The molecule has 0 amide bonds. The summed E-state index contributed by atoms with van der Waals surface area (Å²) in [6.07, 6.45) is 2.15. The fourth-order valence-electron chi connectivity index (χ4n) is 5.61. The molecule has 4 aliphatic rings. The van der Waals surface area contributed by atoms with Crippen LogP contribution in [-0.4, -0.2) is 84.9 Å². The van der Waals surface area contributed by atoms with Crippen LogP contribution in [0.1, 0.15) is 31.4 Å². The van der Waals surface area contributed by atoms with E-state index in [9.17, 15) is 18.0 Å². The fraction of sp³-hybridized carbons (Fsp3) is 0.538. The van der Waals surface area contributed by atoms with Crippen LogP contribution in [0.4, 0.5) is 24.7 Å². The third-order valence-electron chi connectivity index (χ3n) is 7.69. The van der Waals surface area contributed by atoms with Crippen LogP contribution in [0.3, 0.4) is 0 Å². The number of nitrogens with one attached hydrogen (secondary N) is 1. The van der Waals surface area contributed by atoms with Gasteiger partial charge in [-0.05, 0) is 58.1 Å². The highest BCUT2D eigenvalue weighted by Crippen LogP contribution is 2.46. The Morgan fingerprint density at radius 3 is 2.76 bits per heavy atom. The molecule has 37 heavy (non-hydrogen) atoms. The second kappa shape index (κ2) is 9.59. The number of anilines is 2. The molecule has 198 valence electrons. The summed E-state index contributed by atoms with van der Waals surface area (Å²) in [6, 6.07) is 4.39. The highest BCUT2D eigenvalue weighted by Gasteiger charge is 2.53. The van der Waals surface area contributed by atoms with Gasteiger partial charge in [0.05, 0.1) is 29.1 Å². The van der Waals surface area contributed by atoms with E-state index in [1.165, 1.54) is 12.5 Å². The van der Waals surface area contributed by atoms with Crippen LogP contribution < -0.4 is 10.2 Å². The molecular weight excluding hydrogens is 483 g/mol. The summed E-state index contributed by atoms with van der Waals surface area (Å²) in [7, 11) is 4.20. The standard InChI is InChI=1S/C26H32F3N7O/c1-17-20(9-10-23(31-17)35-12-5-6-18(15-35)34(2)3)32-24-30-16-25-14-19(37)11-13-36(26(27,28)29)22(25)8-4-7-21(25)33-24/h4,7-10,18H,5-6,11-16H2,1-3H3,(H,30,32). The van der Waals surface area contributed by atoms with Crippen molar-refractivity contribution < 1.29 is 18.0 Å². The molecule has 1 aromatic heterocycles. The number of halogens is 3. The maximum atomic E-state index is 13.9. The molecule has 0 saturated carbocycles. The second-order valence-corrected chi connectivity index (χ2v) is 10.3. The molecule has 0 aromatic carbocycles. The minimum Gasteiger partial charge on any atom is -0.355 e. The lowest BCUT2D eigenvalue weighted by Gasteiger charge is -2.42. The number of guanidine groups is 1. The van der Waals surface area contributed by atoms with Gasteiger partial charge in [-0.15, -0.1) is 0 Å². The molecule has 2 atom stereocenters. The number of nitrogens with zero attached hydrogens (tertiary/aromatic N) is 6. The SMILES string of the molecule is Cc1nc(N2CCCC(N(C)C)C2)ccc1NC1=NCC23CC(=O)CCN(C(F)(F)F)C2=CC=CC3=N1. The van der Waals surface area contributed by atoms with Gasteiger partial charge in [-0.2, -0.15) is 13.2 Å². The van der Waals surface area contributed by atoms with Crippen molar-refractivity contribution in [2.24, 2.45) is 15.4 Å². The Morgan fingerprint density at radius 1 is 1.22 bits per heavy atom. The first-order valence-electron chi connectivity index (χ1n) is 12.6. The molecule has 1 aromatic rings. The maximum absolute atomic E-state index is 13.9. The number of pyridine rings is 1. The Bertz CT molecular complexity index is 1200. The van der Waals surface area contributed by atoms with E-state index in [1.54, 1.807) is 12.2 Å². The fourth-order valence-corrected chi connectivity index (χ4v) is 5.61. The van der Waals surface area contributed by atoms with Crippen LogP contribution in [-0.2, 0) is 4.79 Å². The molecule has 1 N–H and O–H groups in total. The third-order valence-corrected chi connectivity index (χ3v) is 7.69. The number of hydrogen-bond donors (Lipinski definition) is 1. The molecule has 0 bridgehead atoms. The molecule has 4 heterocycles. The van der Waals surface area contributed by atoms with E-state index in [2.05, 4.69) is 39.2 Å². The van der Waals surface area contributed by atoms with Crippen LogP contribution >= 0.6 is 0 Å². The molecule has 3 aliphatic heterocycles. The number of allylic oxidation sites excluding steroid dienone is 3. The van der Waals surface area contributed by atoms with Crippen molar-refractivity contribution in [2.75, 3.05) is 50.5 Å². The molecule has 5 rings (SSSR count). The van der Waals surface area contributed by atoms with Crippen molar-refractivity contribution in [1.29, 1.82) is 0 Å². The predicted octanol–water partition coefficient (Wildman–Crippen LogP) is 3.77. The number of hydrogen-bond acceptors (Lipinski definition) is 8. The topological polar surface area (TPSA) is 76.4 Å². The monoisotopic (exact) mass is 515 g/mol. The average molecular weight is 516 g/mol. The van der Waals surface area contributed by atoms with E-state index in [0.717, 1.165) is 36.7 Å². The van der Waals surface area contributed by atoms with E-state index < -0.39 is 18.3 Å². The van der Waals surface area contributed by atoms with Crippen LogP contribution in [0.2, 0.25) is 0 Å². The molecule has 2 fully saturated rings. The van der Waals surface area contributed by atoms with Crippen molar-refractivity contribution in [3.05, 3.63) is 41.8 Å². The van der Waals surface area contributed by atoms with Gasteiger partial charge in [-0.1, -0.05) is 6.08 Å². The summed E-state index contributed by atoms with van der Waals surface area (Å²) >= 11 is 0. The number of aliphatic imine (C=N–C) groups is 2. The highest BCUT2D eigenvalue weighted by molar-refractivity contribution is 6.14. The number of piperidine rings is 1. The molecule has 1 spiro atoms. The number of ketones is 1.